The first-order chi connectivity index (χ1) is 17.6. The molecule has 188 valence electrons. The van der Waals surface area contributed by atoms with Crippen molar-refractivity contribution in [3.8, 4) is 0 Å². The van der Waals surface area contributed by atoms with E-state index in [1.165, 1.54) is 12.0 Å². The van der Waals surface area contributed by atoms with E-state index in [0.29, 0.717) is 49.2 Å². The Balaban J connectivity index is 1.21. The van der Waals surface area contributed by atoms with Crippen LogP contribution < -0.4 is 9.21 Å². The Kier molecular flexibility index (Phi) is 7.70. The standard InChI is InChI=1S/C29H35N4O2S/c1-22(23-9-4-2-5-10-23)19-30-17-15-28(34)32-18-16-27-26(20-32)29(35)33(21-31-27,36-25-13-8-14-25)24-11-6-3-7-12-24/h2-7,9-12,21-22,25,30H,8,13-20H2,1H3/q+1/t22-,33?/m0/s1. The molecule has 2 atom stereocenters. The van der Waals surface area contributed by atoms with Crippen LogP contribution in [0.1, 0.15) is 50.5 Å². The summed E-state index contributed by atoms with van der Waals surface area (Å²) in [5.74, 6) is 0.530. The first kappa shape index (κ1) is 24.9. The van der Waals surface area contributed by atoms with Crippen molar-refractivity contribution in [1.82, 2.24) is 14.1 Å². The molecular formula is C29H35N4O2S+. The van der Waals surface area contributed by atoms with Gasteiger partial charge >= 0.3 is 5.91 Å². The molecule has 5 rings (SSSR count). The molecule has 1 saturated carbocycles. The van der Waals surface area contributed by atoms with Crippen LogP contribution in [0.4, 0.5) is 5.69 Å². The molecule has 1 unspecified atom stereocenters. The second kappa shape index (κ2) is 11.1. The number of aliphatic imine (C=N–C) groups is 1. The fourth-order valence-corrected chi connectivity index (χ4v) is 6.52. The van der Waals surface area contributed by atoms with E-state index in [-0.39, 0.29) is 15.7 Å². The molecule has 3 aliphatic rings. The predicted octanol–water partition coefficient (Wildman–Crippen LogP) is 5.03. The van der Waals surface area contributed by atoms with E-state index < -0.39 is 0 Å². The molecule has 2 aromatic rings. The van der Waals surface area contributed by atoms with Gasteiger partial charge in [-0.2, -0.15) is 0 Å². The van der Waals surface area contributed by atoms with E-state index in [2.05, 4.69) is 36.5 Å². The van der Waals surface area contributed by atoms with E-state index >= 15 is 0 Å². The van der Waals surface area contributed by atoms with Crippen molar-refractivity contribution < 1.29 is 9.59 Å². The van der Waals surface area contributed by atoms with E-state index in [4.69, 9.17) is 4.99 Å². The molecule has 2 heterocycles. The summed E-state index contributed by atoms with van der Waals surface area (Å²) in [5.41, 5.74) is 3.76. The Morgan fingerprint density at radius 3 is 2.56 bits per heavy atom. The summed E-state index contributed by atoms with van der Waals surface area (Å²) in [7, 11) is 0. The molecule has 0 bridgehead atoms. The number of hydrogen-bond donors (Lipinski definition) is 1. The average molecular weight is 504 g/mol. The van der Waals surface area contributed by atoms with E-state index in [1.807, 2.05) is 47.6 Å². The highest BCUT2D eigenvalue weighted by molar-refractivity contribution is 8.00. The van der Waals surface area contributed by atoms with Gasteiger partial charge in [-0.3, -0.25) is 4.79 Å². The Hall–Kier alpha value is -2.74. The quantitative estimate of drug-likeness (QED) is 0.296. The summed E-state index contributed by atoms with van der Waals surface area (Å²) in [4.78, 5) is 33.7. The SMILES string of the molecule is C[C@@H](CNCCC(=O)N1CCC2=C(C1)C(=O)[N+](SC1CCC1)(c1ccccc1)C=N2)c1ccccc1. The molecule has 1 N–H and O–H groups in total. The van der Waals surface area contributed by atoms with Gasteiger partial charge in [-0.25, -0.2) is 9.79 Å². The summed E-state index contributed by atoms with van der Waals surface area (Å²) in [5, 5.41) is 3.88. The van der Waals surface area contributed by atoms with Crippen molar-refractivity contribution >= 4 is 35.8 Å². The van der Waals surface area contributed by atoms with Gasteiger partial charge in [0.25, 0.3) is 0 Å². The Morgan fingerprint density at radius 2 is 1.86 bits per heavy atom. The van der Waals surface area contributed by atoms with Crippen LogP contribution >= 0.6 is 11.9 Å². The maximum absolute atomic E-state index is 14.0. The third-order valence-electron chi connectivity index (χ3n) is 7.45. The second-order valence-corrected chi connectivity index (χ2v) is 11.4. The highest BCUT2D eigenvalue weighted by atomic mass is 32.2. The van der Waals surface area contributed by atoms with Gasteiger partial charge in [-0.1, -0.05) is 61.9 Å². The van der Waals surface area contributed by atoms with Crippen molar-refractivity contribution in [3.63, 3.8) is 0 Å². The highest BCUT2D eigenvalue weighted by Gasteiger charge is 2.49. The van der Waals surface area contributed by atoms with Crippen molar-refractivity contribution in [2.24, 2.45) is 4.99 Å². The van der Waals surface area contributed by atoms with Crippen LogP contribution in [0.15, 0.2) is 76.9 Å². The van der Waals surface area contributed by atoms with E-state index in [0.717, 1.165) is 30.8 Å². The smallest absolute Gasteiger partial charge is 0.337 e. The van der Waals surface area contributed by atoms with Crippen LogP contribution in [0.25, 0.3) is 0 Å². The molecule has 0 saturated heterocycles. The average Bonchev–Trinajstić information content (AvgIpc) is 2.90. The van der Waals surface area contributed by atoms with Gasteiger partial charge in [-0.05, 0) is 24.3 Å². The molecular weight excluding hydrogens is 468 g/mol. The first-order valence-electron chi connectivity index (χ1n) is 13.0. The molecule has 0 aromatic heterocycles. The zero-order valence-electron chi connectivity index (χ0n) is 20.9. The zero-order valence-corrected chi connectivity index (χ0v) is 21.8. The highest BCUT2D eigenvalue weighted by Crippen LogP contribution is 2.44. The van der Waals surface area contributed by atoms with Gasteiger partial charge in [0.05, 0.1) is 35.0 Å². The molecule has 0 radical (unpaired) electrons. The molecule has 1 aliphatic carbocycles. The van der Waals surface area contributed by atoms with Gasteiger partial charge in [0.15, 0.2) is 5.69 Å². The number of nitrogens with zero attached hydrogens (tertiary/aromatic N) is 3. The number of quaternary nitrogens is 1. The minimum Gasteiger partial charge on any atom is -0.337 e. The lowest BCUT2D eigenvalue weighted by Gasteiger charge is -2.38. The molecule has 36 heavy (non-hydrogen) atoms. The molecule has 0 spiro atoms. The monoisotopic (exact) mass is 503 g/mol. The minimum absolute atomic E-state index is 0.0513. The van der Waals surface area contributed by atoms with Crippen molar-refractivity contribution in [1.29, 1.82) is 0 Å². The normalized spacial score (nSPS) is 22.8. The lowest BCUT2D eigenvalue weighted by atomic mass is 10.00. The summed E-state index contributed by atoms with van der Waals surface area (Å²) < 4.78 is 0.0608. The predicted molar refractivity (Wildman–Crippen MR) is 148 cm³/mol. The number of hydrogen-bond acceptors (Lipinski definition) is 5. The Labute approximate surface area is 218 Å². The van der Waals surface area contributed by atoms with Gasteiger partial charge in [0, 0.05) is 44.6 Å². The van der Waals surface area contributed by atoms with Crippen LogP contribution in [0.5, 0.6) is 0 Å². The largest absolute Gasteiger partial charge is 0.368 e. The molecule has 2 amide bonds. The molecule has 2 aliphatic heterocycles. The third-order valence-corrected chi connectivity index (χ3v) is 9.02. The van der Waals surface area contributed by atoms with Gasteiger partial charge < -0.3 is 10.2 Å². The number of carbonyl (C=O) groups excluding carboxylic acids is 2. The Morgan fingerprint density at radius 1 is 1.14 bits per heavy atom. The lowest BCUT2D eigenvalue weighted by Crippen LogP contribution is -2.54. The van der Waals surface area contributed by atoms with Crippen molar-refractivity contribution in [3.05, 3.63) is 77.5 Å². The maximum Gasteiger partial charge on any atom is 0.368 e. The maximum atomic E-state index is 14.0. The van der Waals surface area contributed by atoms with Gasteiger partial charge in [0.1, 0.15) is 0 Å². The van der Waals surface area contributed by atoms with Crippen LogP contribution in [-0.2, 0) is 9.59 Å². The third kappa shape index (κ3) is 5.19. The first-order valence-corrected chi connectivity index (χ1v) is 13.9. The number of benzene rings is 2. The van der Waals surface area contributed by atoms with Crippen LogP contribution in [0, 0.1) is 0 Å². The fourth-order valence-electron chi connectivity index (χ4n) is 4.96. The minimum atomic E-state index is 0.0513. The summed E-state index contributed by atoms with van der Waals surface area (Å²) in [6.07, 6.45) is 6.36. The summed E-state index contributed by atoms with van der Waals surface area (Å²) >= 11 is 1.69. The number of para-hydroxylation sites is 1. The van der Waals surface area contributed by atoms with Crippen LogP contribution in [0.2, 0.25) is 0 Å². The van der Waals surface area contributed by atoms with Crippen LogP contribution in [-0.4, -0.2) is 54.5 Å². The topological polar surface area (TPSA) is 61.8 Å². The summed E-state index contributed by atoms with van der Waals surface area (Å²) in [6, 6.07) is 20.4. The Bertz CT molecular complexity index is 1150. The number of nitrogens with one attached hydrogen (secondary N) is 1. The molecule has 7 heteroatoms. The zero-order chi connectivity index (χ0) is 25.0. The second-order valence-electron chi connectivity index (χ2n) is 9.96. The number of amides is 2. The van der Waals surface area contributed by atoms with Gasteiger partial charge in [0.2, 0.25) is 12.2 Å². The van der Waals surface area contributed by atoms with Crippen molar-refractivity contribution in [2.75, 3.05) is 26.2 Å². The van der Waals surface area contributed by atoms with E-state index in [9.17, 15) is 9.59 Å². The lowest BCUT2D eigenvalue weighted by molar-refractivity contribution is -0.131. The van der Waals surface area contributed by atoms with Gasteiger partial charge in [-0.15, -0.1) is 3.89 Å². The molecule has 6 nitrogen and oxygen atoms in total. The van der Waals surface area contributed by atoms with Crippen LogP contribution in [0.3, 0.4) is 0 Å². The molecule has 1 fully saturated rings. The van der Waals surface area contributed by atoms with E-state index in [1.54, 1.807) is 11.9 Å². The van der Waals surface area contributed by atoms with Crippen molar-refractivity contribution in [2.45, 2.75) is 50.2 Å². The number of carbonyl (C=O) groups is 2. The molecule has 2 aromatic carbocycles. The number of rotatable bonds is 9. The summed E-state index contributed by atoms with van der Waals surface area (Å²) in [6.45, 7) is 4.62. The fraction of sp³-hybridized carbons (Fsp3) is 0.414.